The molecule has 2 heterocycles. The van der Waals surface area contributed by atoms with Crippen molar-refractivity contribution in [3.63, 3.8) is 0 Å². The summed E-state index contributed by atoms with van der Waals surface area (Å²) in [6.07, 6.45) is 1.69. The molecule has 4 nitrogen and oxygen atoms in total. The fourth-order valence-corrected chi connectivity index (χ4v) is 2.69. The van der Waals surface area contributed by atoms with Gasteiger partial charge in [-0.3, -0.25) is 0 Å². The van der Waals surface area contributed by atoms with Crippen molar-refractivity contribution in [2.45, 2.75) is 13.5 Å². The van der Waals surface area contributed by atoms with Crippen LogP contribution in [0.15, 0.2) is 48.0 Å². The van der Waals surface area contributed by atoms with E-state index in [1.54, 1.807) is 29.7 Å². The van der Waals surface area contributed by atoms with Gasteiger partial charge in [-0.1, -0.05) is 29.8 Å². The molecule has 3 aromatic rings. The number of H-pyrrole nitrogens is 1. The summed E-state index contributed by atoms with van der Waals surface area (Å²) in [5, 5.41) is 2.85. The first-order valence-electron chi connectivity index (χ1n) is 6.54. The van der Waals surface area contributed by atoms with E-state index in [-0.39, 0.29) is 12.6 Å². The number of carbonyl (C=O) groups excluding carboxylic acids is 1. The fraction of sp³-hybridized carbons (Fsp3) is 0.125. The van der Waals surface area contributed by atoms with E-state index >= 15 is 0 Å². The first-order chi connectivity index (χ1) is 10.2. The number of nitrogens with one attached hydrogen (secondary N) is 1. The molecule has 0 spiro atoms. The van der Waals surface area contributed by atoms with Gasteiger partial charge in [0.05, 0.1) is 5.69 Å². The largest absolute Gasteiger partial charge is 0.454 e. The molecule has 0 bridgehead atoms. The molecular formula is C16H14N2O2S. The number of hydrogen-bond donors (Lipinski definition) is 1. The molecule has 3 rings (SSSR count). The monoisotopic (exact) mass is 298 g/mol. The van der Waals surface area contributed by atoms with Crippen LogP contribution in [0.5, 0.6) is 0 Å². The molecule has 5 heteroatoms. The average molecular weight is 298 g/mol. The van der Waals surface area contributed by atoms with Crippen LogP contribution in [0, 0.1) is 6.92 Å². The highest BCUT2D eigenvalue weighted by Gasteiger charge is 2.10. The summed E-state index contributed by atoms with van der Waals surface area (Å²) in [5.41, 5.74) is 3.50. The van der Waals surface area contributed by atoms with Crippen LogP contribution in [0.2, 0.25) is 0 Å². The van der Waals surface area contributed by atoms with E-state index in [0.717, 1.165) is 16.3 Å². The number of aromatic nitrogens is 2. The third-order valence-corrected chi connectivity index (χ3v) is 3.96. The van der Waals surface area contributed by atoms with Gasteiger partial charge in [0, 0.05) is 17.1 Å². The number of hydrogen-bond acceptors (Lipinski definition) is 4. The number of aryl methyl sites for hydroxylation is 1. The Morgan fingerprint density at radius 3 is 2.81 bits per heavy atom. The summed E-state index contributed by atoms with van der Waals surface area (Å²) in [5.74, 6) is -0.370. The first-order valence-corrected chi connectivity index (χ1v) is 7.42. The summed E-state index contributed by atoms with van der Waals surface area (Å²) in [6.45, 7) is 2.23. The third kappa shape index (κ3) is 3.20. The maximum absolute atomic E-state index is 11.7. The molecule has 0 saturated carbocycles. The predicted molar refractivity (Wildman–Crippen MR) is 82.2 cm³/mol. The standard InChI is InChI=1S/C16H14N2O2S/c1-11-4-6-12(7-5-11)15-18-13(10-21-15)9-20-16(19)14-3-2-8-17-14/h2-8,10,17H,9H2,1H3. The van der Waals surface area contributed by atoms with Crippen LogP contribution < -0.4 is 0 Å². The Bertz CT molecular complexity index is 730. The molecule has 0 amide bonds. The van der Waals surface area contributed by atoms with Gasteiger partial charge >= 0.3 is 5.97 Å². The van der Waals surface area contributed by atoms with Crippen LogP contribution in [0.25, 0.3) is 10.6 Å². The number of nitrogens with zero attached hydrogens (tertiary/aromatic N) is 1. The highest BCUT2D eigenvalue weighted by molar-refractivity contribution is 7.13. The highest BCUT2D eigenvalue weighted by Crippen LogP contribution is 2.24. The lowest BCUT2D eigenvalue weighted by atomic mass is 10.2. The van der Waals surface area contributed by atoms with Crippen molar-refractivity contribution >= 4 is 17.3 Å². The highest BCUT2D eigenvalue weighted by atomic mass is 32.1. The molecule has 106 valence electrons. The van der Waals surface area contributed by atoms with E-state index < -0.39 is 0 Å². The maximum Gasteiger partial charge on any atom is 0.355 e. The Morgan fingerprint density at radius 2 is 2.10 bits per heavy atom. The van der Waals surface area contributed by atoms with Gasteiger partial charge in [-0.05, 0) is 19.1 Å². The predicted octanol–water partition coefficient (Wildman–Crippen LogP) is 3.80. The van der Waals surface area contributed by atoms with Crippen molar-refractivity contribution in [3.05, 3.63) is 64.9 Å². The lowest BCUT2D eigenvalue weighted by Crippen LogP contribution is -2.05. The van der Waals surface area contributed by atoms with Gasteiger partial charge in [-0.15, -0.1) is 11.3 Å². The Balaban J connectivity index is 1.65. The van der Waals surface area contributed by atoms with Crippen LogP contribution in [-0.2, 0) is 11.3 Å². The zero-order chi connectivity index (χ0) is 14.7. The summed E-state index contributed by atoms with van der Waals surface area (Å²) >= 11 is 1.55. The molecule has 0 aliphatic carbocycles. The second kappa shape index (κ2) is 5.93. The van der Waals surface area contributed by atoms with Crippen molar-refractivity contribution in [2.75, 3.05) is 0 Å². The number of esters is 1. The summed E-state index contributed by atoms with van der Waals surface area (Å²) in [7, 11) is 0. The lowest BCUT2D eigenvalue weighted by molar-refractivity contribution is 0.0462. The van der Waals surface area contributed by atoms with Gasteiger partial charge in [0.15, 0.2) is 0 Å². The topological polar surface area (TPSA) is 55.0 Å². The van der Waals surface area contributed by atoms with E-state index in [0.29, 0.717) is 5.69 Å². The molecule has 2 aromatic heterocycles. The molecule has 0 radical (unpaired) electrons. The third-order valence-electron chi connectivity index (χ3n) is 3.02. The SMILES string of the molecule is Cc1ccc(-c2nc(COC(=O)c3ccc[nH]3)cs2)cc1. The Morgan fingerprint density at radius 1 is 1.29 bits per heavy atom. The van der Waals surface area contributed by atoms with E-state index in [2.05, 4.69) is 29.0 Å². The molecule has 0 fully saturated rings. The van der Waals surface area contributed by atoms with E-state index in [1.807, 2.05) is 17.5 Å². The molecule has 21 heavy (non-hydrogen) atoms. The van der Waals surface area contributed by atoms with Crippen molar-refractivity contribution < 1.29 is 9.53 Å². The lowest BCUT2D eigenvalue weighted by Gasteiger charge is -2.00. The van der Waals surface area contributed by atoms with E-state index in [1.165, 1.54) is 5.56 Å². The van der Waals surface area contributed by atoms with Gasteiger partial charge in [0.2, 0.25) is 0 Å². The normalized spacial score (nSPS) is 10.5. The maximum atomic E-state index is 11.7. The summed E-state index contributed by atoms with van der Waals surface area (Å²) in [6, 6.07) is 11.6. The number of rotatable bonds is 4. The number of aromatic amines is 1. The van der Waals surface area contributed by atoms with Crippen molar-refractivity contribution in [1.29, 1.82) is 0 Å². The van der Waals surface area contributed by atoms with Crippen molar-refractivity contribution in [1.82, 2.24) is 9.97 Å². The van der Waals surface area contributed by atoms with Crippen LogP contribution >= 0.6 is 11.3 Å². The minimum atomic E-state index is -0.370. The molecule has 0 saturated heterocycles. The first kappa shape index (κ1) is 13.6. The average Bonchev–Trinajstić information content (AvgIpc) is 3.17. The number of ether oxygens (including phenoxy) is 1. The van der Waals surface area contributed by atoms with Crippen LogP contribution in [0.1, 0.15) is 21.7 Å². The second-order valence-electron chi connectivity index (χ2n) is 4.67. The molecule has 1 N–H and O–H groups in total. The van der Waals surface area contributed by atoms with Crippen LogP contribution in [0.4, 0.5) is 0 Å². The molecule has 0 aliphatic rings. The molecule has 0 unspecified atom stereocenters. The Kier molecular flexibility index (Phi) is 3.83. The van der Waals surface area contributed by atoms with Gasteiger partial charge in [-0.25, -0.2) is 9.78 Å². The Labute approximate surface area is 126 Å². The van der Waals surface area contributed by atoms with Crippen LogP contribution in [0.3, 0.4) is 0 Å². The quantitative estimate of drug-likeness (QED) is 0.745. The van der Waals surface area contributed by atoms with Crippen molar-refractivity contribution in [2.24, 2.45) is 0 Å². The van der Waals surface area contributed by atoms with Gasteiger partial charge in [0.1, 0.15) is 17.3 Å². The minimum absolute atomic E-state index is 0.181. The van der Waals surface area contributed by atoms with Gasteiger partial charge in [0.25, 0.3) is 0 Å². The molecular weight excluding hydrogens is 284 g/mol. The fourth-order valence-electron chi connectivity index (χ4n) is 1.88. The zero-order valence-corrected chi connectivity index (χ0v) is 12.3. The number of benzene rings is 1. The minimum Gasteiger partial charge on any atom is -0.454 e. The van der Waals surface area contributed by atoms with Crippen LogP contribution in [-0.4, -0.2) is 15.9 Å². The zero-order valence-electron chi connectivity index (χ0n) is 11.5. The molecule has 1 aromatic carbocycles. The van der Waals surface area contributed by atoms with E-state index in [4.69, 9.17) is 4.74 Å². The smallest absolute Gasteiger partial charge is 0.355 e. The molecule has 0 atom stereocenters. The number of thiazole rings is 1. The summed E-state index contributed by atoms with van der Waals surface area (Å²) in [4.78, 5) is 19.0. The summed E-state index contributed by atoms with van der Waals surface area (Å²) < 4.78 is 5.21. The van der Waals surface area contributed by atoms with Gasteiger partial charge < -0.3 is 9.72 Å². The number of carbonyl (C=O) groups is 1. The second-order valence-corrected chi connectivity index (χ2v) is 5.53. The van der Waals surface area contributed by atoms with Crippen molar-refractivity contribution in [3.8, 4) is 10.6 Å². The molecule has 0 aliphatic heterocycles. The van der Waals surface area contributed by atoms with E-state index in [9.17, 15) is 4.79 Å². The Hall–Kier alpha value is -2.40. The van der Waals surface area contributed by atoms with Gasteiger partial charge in [-0.2, -0.15) is 0 Å².